The fourth-order valence-electron chi connectivity index (χ4n) is 4.49. The lowest BCUT2D eigenvalue weighted by Crippen LogP contribution is -2.52. The average Bonchev–Trinajstić information content (AvgIpc) is 3.32. The van der Waals surface area contributed by atoms with Crippen LogP contribution in [0.3, 0.4) is 0 Å². The third kappa shape index (κ3) is 6.32. The van der Waals surface area contributed by atoms with E-state index in [2.05, 4.69) is 20.6 Å². The second-order valence-electron chi connectivity index (χ2n) is 9.48. The number of nitrogens with zero attached hydrogens (tertiary/aromatic N) is 2. The second-order valence-corrected chi connectivity index (χ2v) is 9.48. The van der Waals surface area contributed by atoms with Crippen LogP contribution in [0.15, 0.2) is 24.3 Å². The van der Waals surface area contributed by atoms with E-state index in [1.807, 2.05) is 6.92 Å². The largest absolute Gasteiger partial charge is 0.416 e. The maximum atomic E-state index is 13.2. The number of hydrogen-bond acceptors (Lipinski definition) is 7. The monoisotopic (exact) mass is 508 g/mol. The number of hydrogen-bond donors (Lipinski definition) is 2. The smallest absolute Gasteiger partial charge is 0.379 e. The van der Waals surface area contributed by atoms with Crippen LogP contribution in [0.25, 0.3) is 0 Å². The Labute approximate surface area is 207 Å². The van der Waals surface area contributed by atoms with E-state index >= 15 is 0 Å². The summed E-state index contributed by atoms with van der Waals surface area (Å²) >= 11 is 0. The van der Waals surface area contributed by atoms with Gasteiger partial charge in [0.15, 0.2) is 6.29 Å². The lowest BCUT2D eigenvalue weighted by atomic mass is 9.94. The summed E-state index contributed by atoms with van der Waals surface area (Å²) in [6.45, 7) is 7.22. The molecule has 1 aromatic heterocycles. The Kier molecular flexibility index (Phi) is 7.82. The van der Waals surface area contributed by atoms with Gasteiger partial charge in [-0.25, -0.2) is 9.97 Å². The fourth-order valence-corrected chi connectivity index (χ4v) is 4.49. The molecule has 2 saturated heterocycles. The summed E-state index contributed by atoms with van der Waals surface area (Å²) in [4.78, 5) is 22.0. The molecule has 8 nitrogen and oxygen atoms in total. The van der Waals surface area contributed by atoms with Crippen LogP contribution in [-0.4, -0.2) is 47.8 Å². The van der Waals surface area contributed by atoms with E-state index < -0.39 is 29.6 Å². The number of halogens is 3. The summed E-state index contributed by atoms with van der Waals surface area (Å²) in [6, 6.07) is 4.60. The zero-order valence-corrected chi connectivity index (χ0v) is 20.6. The van der Waals surface area contributed by atoms with Crippen molar-refractivity contribution in [1.82, 2.24) is 15.3 Å². The number of aromatic nitrogens is 2. The molecule has 1 unspecified atom stereocenters. The van der Waals surface area contributed by atoms with Gasteiger partial charge in [0, 0.05) is 12.6 Å². The molecule has 2 fully saturated rings. The van der Waals surface area contributed by atoms with Gasteiger partial charge in [-0.1, -0.05) is 12.1 Å². The first-order chi connectivity index (χ1) is 17.0. The van der Waals surface area contributed by atoms with Crippen LogP contribution in [-0.2, 0) is 31.6 Å². The quantitative estimate of drug-likeness (QED) is 0.578. The minimum Gasteiger partial charge on any atom is -0.379 e. The van der Waals surface area contributed by atoms with E-state index in [1.165, 1.54) is 6.07 Å². The molecular weight excluding hydrogens is 477 g/mol. The van der Waals surface area contributed by atoms with Crippen LogP contribution in [0.4, 0.5) is 19.0 Å². The number of carbonyl (C=O) groups is 1. The third-order valence-corrected chi connectivity index (χ3v) is 6.27. The maximum absolute atomic E-state index is 13.2. The van der Waals surface area contributed by atoms with E-state index in [0.29, 0.717) is 54.9 Å². The normalized spacial score (nSPS) is 21.8. The number of aryl methyl sites for hydroxylation is 1. The third-order valence-electron chi connectivity index (χ3n) is 6.27. The lowest BCUT2D eigenvalue weighted by Gasteiger charge is -2.34. The van der Waals surface area contributed by atoms with Crippen LogP contribution >= 0.6 is 0 Å². The van der Waals surface area contributed by atoms with Gasteiger partial charge in [0.2, 0.25) is 5.91 Å². The summed E-state index contributed by atoms with van der Waals surface area (Å²) in [7, 11) is 0. The van der Waals surface area contributed by atoms with Crippen molar-refractivity contribution in [2.75, 3.05) is 31.7 Å². The summed E-state index contributed by atoms with van der Waals surface area (Å²) in [5.74, 6) is 0.539. The summed E-state index contributed by atoms with van der Waals surface area (Å²) in [5.41, 5.74) is 0.150. The van der Waals surface area contributed by atoms with Crippen molar-refractivity contribution in [2.24, 2.45) is 0 Å². The molecule has 0 aliphatic carbocycles. The zero-order chi connectivity index (χ0) is 25.9. The van der Waals surface area contributed by atoms with Gasteiger partial charge in [0.05, 0.1) is 48.6 Å². The molecule has 1 amide bonds. The summed E-state index contributed by atoms with van der Waals surface area (Å²) in [5, 5.41) is 6.25. The van der Waals surface area contributed by atoms with Gasteiger partial charge in [-0.3, -0.25) is 4.79 Å². The number of alkyl halides is 3. The van der Waals surface area contributed by atoms with Crippen molar-refractivity contribution in [3.05, 3.63) is 52.5 Å². The van der Waals surface area contributed by atoms with Crippen molar-refractivity contribution >= 4 is 11.7 Å². The van der Waals surface area contributed by atoms with Crippen molar-refractivity contribution in [3.63, 3.8) is 0 Å². The molecule has 0 radical (unpaired) electrons. The van der Waals surface area contributed by atoms with Gasteiger partial charge in [0.1, 0.15) is 11.6 Å². The molecular formula is C25H31F3N4O4. The van der Waals surface area contributed by atoms with Gasteiger partial charge in [-0.15, -0.1) is 0 Å². The molecule has 196 valence electrons. The Morgan fingerprint density at radius 2 is 1.97 bits per heavy atom. The van der Waals surface area contributed by atoms with E-state index in [-0.39, 0.29) is 12.3 Å². The second kappa shape index (κ2) is 10.7. The first-order valence-corrected chi connectivity index (χ1v) is 12.0. The molecule has 0 bridgehead atoms. The Morgan fingerprint density at radius 3 is 2.64 bits per heavy atom. The SMILES string of the molecule is Cc1nc(CC(=O)NC2(C)CCCOC2)c(C2OCCO2)c(N[C@H](C)c2cccc(C(F)(F)F)c2)n1. The predicted molar refractivity (Wildman–Crippen MR) is 125 cm³/mol. The minimum absolute atomic E-state index is 0.0376. The molecule has 1 aromatic carbocycles. The van der Waals surface area contributed by atoms with E-state index in [4.69, 9.17) is 14.2 Å². The van der Waals surface area contributed by atoms with E-state index in [0.717, 1.165) is 25.0 Å². The number of nitrogens with one attached hydrogen (secondary N) is 2. The molecule has 2 aliphatic rings. The molecule has 0 saturated carbocycles. The molecule has 2 aromatic rings. The van der Waals surface area contributed by atoms with Gasteiger partial charge >= 0.3 is 6.18 Å². The molecule has 2 aliphatic heterocycles. The highest BCUT2D eigenvalue weighted by atomic mass is 19.4. The lowest BCUT2D eigenvalue weighted by molar-refractivity contribution is -0.137. The number of rotatable bonds is 7. The highest BCUT2D eigenvalue weighted by molar-refractivity contribution is 5.79. The van der Waals surface area contributed by atoms with Gasteiger partial charge in [0.25, 0.3) is 0 Å². The standard InChI is InChI=1S/C25H31F3N4O4/c1-15(17-6-4-7-18(12-17)25(26,27)28)29-22-21(23-35-10-11-36-23)19(30-16(2)31-22)13-20(33)32-24(3)8-5-9-34-14-24/h4,6-7,12,15,23H,5,8-11,13-14H2,1-3H3,(H,32,33)(H,29,30,31)/t15-,24?/m1/s1. The van der Waals surface area contributed by atoms with Crippen molar-refractivity contribution < 1.29 is 32.2 Å². The highest BCUT2D eigenvalue weighted by Gasteiger charge is 2.33. The van der Waals surface area contributed by atoms with Crippen molar-refractivity contribution in [2.45, 2.75) is 64.1 Å². The van der Waals surface area contributed by atoms with Crippen LogP contribution < -0.4 is 10.6 Å². The molecule has 0 spiro atoms. The Balaban J connectivity index is 1.61. The number of benzene rings is 1. The topological polar surface area (TPSA) is 94.6 Å². The van der Waals surface area contributed by atoms with Gasteiger partial charge in [-0.05, 0) is 51.3 Å². The Hall–Kier alpha value is -2.76. The molecule has 2 N–H and O–H groups in total. The number of ether oxygens (including phenoxy) is 3. The fraction of sp³-hybridized carbons (Fsp3) is 0.560. The average molecular weight is 509 g/mol. The molecule has 4 rings (SSSR count). The summed E-state index contributed by atoms with van der Waals surface area (Å²) in [6.07, 6.45) is -3.61. The van der Waals surface area contributed by atoms with Gasteiger partial charge < -0.3 is 24.8 Å². The van der Waals surface area contributed by atoms with Crippen LogP contribution in [0.1, 0.15) is 67.2 Å². The molecule has 2 atom stereocenters. The first-order valence-electron chi connectivity index (χ1n) is 12.0. The number of carbonyl (C=O) groups excluding carboxylic acids is 1. The van der Waals surface area contributed by atoms with Crippen LogP contribution in [0.2, 0.25) is 0 Å². The van der Waals surface area contributed by atoms with Crippen LogP contribution in [0.5, 0.6) is 0 Å². The molecule has 3 heterocycles. The predicted octanol–water partition coefficient (Wildman–Crippen LogP) is 4.25. The number of amides is 1. The zero-order valence-electron chi connectivity index (χ0n) is 20.6. The molecule has 36 heavy (non-hydrogen) atoms. The van der Waals surface area contributed by atoms with E-state index in [9.17, 15) is 18.0 Å². The van der Waals surface area contributed by atoms with Crippen molar-refractivity contribution in [3.8, 4) is 0 Å². The van der Waals surface area contributed by atoms with Crippen LogP contribution in [0, 0.1) is 6.92 Å². The minimum atomic E-state index is -4.45. The maximum Gasteiger partial charge on any atom is 0.416 e. The Bertz CT molecular complexity index is 1080. The number of anilines is 1. The summed E-state index contributed by atoms with van der Waals surface area (Å²) < 4.78 is 56.7. The van der Waals surface area contributed by atoms with E-state index in [1.54, 1.807) is 19.9 Å². The first kappa shape index (κ1) is 26.3. The van der Waals surface area contributed by atoms with Crippen molar-refractivity contribution in [1.29, 1.82) is 0 Å². The van der Waals surface area contributed by atoms with Gasteiger partial charge in [-0.2, -0.15) is 13.2 Å². The molecule has 11 heteroatoms. The highest BCUT2D eigenvalue weighted by Crippen LogP contribution is 2.35. The Morgan fingerprint density at radius 1 is 1.22 bits per heavy atom.